The minimum Gasteiger partial charge on any atom is -0.497 e. The number of hydrogen-bond donors (Lipinski definition) is 0. The van der Waals surface area contributed by atoms with E-state index in [1.165, 1.54) is 0 Å². The fourth-order valence-electron chi connectivity index (χ4n) is 2.40. The van der Waals surface area contributed by atoms with E-state index >= 15 is 0 Å². The summed E-state index contributed by atoms with van der Waals surface area (Å²) in [7, 11) is 1.58. The van der Waals surface area contributed by atoms with Crippen LogP contribution in [0.4, 0.5) is 11.4 Å². The third kappa shape index (κ3) is 5.50. The Morgan fingerprint density at radius 3 is 2.07 bits per heavy atom. The topological polar surface area (TPSA) is 122 Å². The van der Waals surface area contributed by atoms with Crippen molar-refractivity contribution in [1.82, 2.24) is 0 Å². The Bertz CT molecular complexity index is 817. The molecule has 9 nitrogen and oxygen atoms in total. The molecule has 27 heavy (non-hydrogen) atoms. The number of nitrogens with zero attached hydrogens (tertiary/aromatic N) is 2. The summed E-state index contributed by atoms with van der Waals surface area (Å²) >= 11 is 0. The normalized spacial score (nSPS) is 11.5. The molecule has 0 bridgehead atoms. The molecule has 2 aromatic carbocycles. The molecule has 0 saturated heterocycles. The predicted octanol–water partition coefficient (Wildman–Crippen LogP) is 3.69. The van der Waals surface area contributed by atoms with Gasteiger partial charge in [-0.05, 0) is 37.5 Å². The van der Waals surface area contributed by atoms with Gasteiger partial charge in [-0.3, -0.25) is 20.2 Å². The summed E-state index contributed by atoms with van der Waals surface area (Å²) in [6.07, 6.45) is 0.695. The van der Waals surface area contributed by atoms with Crippen LogP contribution in [0.2, 0.25) is 0 Å². The van der Waals surface area contributed by atoms with E-state index in [4.69, 9.17) is 9.47 Å². The van der Waals surface area contributed by atoms with Crippen LogP contribution in [0.3, 0.4) is 0 Å². The summed E-state index contributed by atoms with van der Waals surface area (Å²) in [5.41, 5.74) is -0.277. The number of non-ortho nitro benzene ring substituents is 2. The number of benzene rings is 2. The van der Waals surface area contributed by atoms with Crippen molar-refractivity contribution >= 4 is 17.3 Å². The molecule has 9 heteroatoms. The van der Waals surface area contributed by atoms with Gasteiger partial charge in [0, 0.05) is 12.1 Å². The van der Waals surface area contributed by atoms with Gasteiger partial charge < -0.3 is 9.47 Å². The molecule has 0 amide bonds. The number of hydrogen-bond acceptors (Lipinski definition) is 7. The monoisotopic (exact) mass is 374 g/mol. The summed E-state index contributed by atoms with van der Waals surface area (Å²) in [5.74, 6) is -0.102. The van der Waals surface area contributed by atoms with Crippen LogP contribution >= 0.6 is 0 Å². The fourth-order valence-corrected chi connectivity index (χ4v) is 2.40. The minimum absolute atomic E-state index is 0.229. The number of rotatable bonds is 8. The maximum atomic E-state index is 12.2. The Labute approximate surface area is 154 Å². The van der Waals surface area contributed by atoms with Gasteiger partial charge in [0.1, 0.15) is 5.75 Å². The average Bonchev–Trinajstić information content (AvgIpc) is 2.66. The van der Waals surface area contributed by atoms with Gasteiger partial charge in [-0.25, -0.2) is 4.79 Å². The number of esters is 1. The van der Waals surface area contributed by atoms with Crippen LogP contribution in [0.1, 0.15) is 29.3 Å². The van der Waals surface area contributed by atoms with Gasteiger partial charge in [0.15, 0.2) is 0 Å². The van der Waals surface area contributed by atoms with Gasteiger partial charge in [0.25, 0.3) is 11.4 Å². The second-order valence-corrected chi connectivity index (χ2v) is 5.85. The molecule has 0 N–H and O–H groups in total. The molecule has 0 unspecified atom stereocenters. The number of aryl methyl sites for hydroxylation is 1. The number of ether oxygens (including phenoxy) is 2. The van der Waals surface area contributed by atoms with Crippen LogP contribution in [-0.2, 0) is 11.2 Å². The molecular formula is C18H18N2O7. The number of nitro groups is 2. The third-order valence-corrected chi connectivity index (χ3v) is 3.87. The predicted molar refractivity (Wildman–Crippen MR) is 95.9 cm³/mol. The first kappa shape index (κ1) is 19.8. The zero-order valence-corrected chi connectivity index (χ0v) is 14.8. The van der Waals surface area contributed by atoms with Crippen LogP contribution < -0.4 is 4.74 Å². The number of nitro benzene ring substituents is 2. The molecule has 0 spiro atoms. The molecule has 2 rings (SSSR count). The fraction of sp³-hybridized carbons (Fsp3) is 0.278. The first-order chi connectivity index (χ1) is 12.8. The molecule has 0 heterocycles. The number of carbonyl (C=O) groups excluding carboxylic acids is 1. The van der Waals surface area contributed by atoms with Crippen molar-refractivity contribution < 1.29 is 24.1 Å². The molecule has 142 valence electrons. The molecule has 0 saturated carbocycles. The number of methoxy groups -OCH3 is 1. The van der Waals surface area contributed by atoms with Gasteiger partial charge in [-0.2, -0.15) is 0 Å². The highest BCUT2D eigenvalue weighted by Crippen LogP contribution is 2.24. The zero-order valence-electron chi connectivity index (χ0n) is 14.8. The Hall–Kier alpha value is -3.49. The first-order valence-corrected chi connectivity index (χ1v) is 8.08. The van der Waals surface area contributed by atoms with Gasteiger partial charge in [0.2, 0.25) is 0 Å². The van der Waals surface area contributed by atoms with Crippen molar-refractivity contribution in [3.8, 4) is 5.75 Å². The second kappa shape index (κ2) is 8.75. The largest absolute Gasteiger partial charge is 0.497 e. The van der Waals surface area contributed by atoms with Crippen molar-refractivity contribution in [2.45, 2.75) is 25.9 Å². The van der Waals surface area contributed by atoms with E-state index in [9.17, 15) is 25.0 Å². The first-order valence-electron chi connectivity index (χ1n) is 8.08. The van der Waals surface area contributed by atoms with Gasteiger partial charge >= 0.3 is 5.97 Å². The molecule has 0 fully saturated rings. The van der Waals surface area contributed by atoms with Crippen molar-refractivity contribution in [2.24, 2.45) is 0 Å². The Morgan fingerprint density at radius 1 is 1.04 bits per heavy atom. The van der Waals surface area contributed by atoms with E-state index in [-0.39, 0.29) is 5.56 Å². The highest BCUT2D eigenvalue weighted by atomic mass is 16.6. The lowest BCUT2D eigenvalue weighted by Gasteiger charge is -2.13. The minimum atomic E-state index is -0.843. The van der Waals surface area contributed by atoms with E-state index in [2.05, 4.69) is 0 Å². The molecule has 0 aliphatic carbocycles. The Kier molecular flexibility index (Phi) is 6.42. The Balaban J connectivity index is 2.02. The van der Waals surface area contributed by atoms with Gasteiger partial charge in [0.05, 0.1) is 34.7 Å². The molecule has 0 aromatic heterocycles. The molecule has 1 atom stereocenters. The van der Waals surface area contributed by atoms with Crippen LogP contribution in [0.15, 0.2) is 42.5 Å². The van der Waals surface area contributed by atoms with Crippen molar-refractivity contribution in [2.75, 3.05) is 7.11 Å². The molecule has 0 aliphatic rings. The summed E-state index contributed by atoms with van der Waals surface area (Å²) in [4.78, 5) is 32.4. The van der Waals surface area contributed by atoms with E-state index in [0.29, 0.717) is 12.8 Å². The second-order valence-electron chi connectivity index (χ2n) is 5.85. The van der Waals surface area contributed by atoms with Crippen molar-refractivity contribution in [3.63, 3.8) is 0 Å². The molecule has 0 aliphatic heterocycles. The average molecular weight is 374 g/mol. The smallest absolute Gasteiger partial charge is 0.338 e. The SMILES string of the molecule is COc1ccc(CC[C@@H](C)OC(=O)c2cc([N+](=O)[O-])cc([N+](=O)[O-])c2)cc1. The lowest BCUT2D eigenvalue weighted by Crippen LogP contribution is -2.16. The standard InChI is InChI=1S/C18H18N2O7/c1-12(3-4-13-5-7-17(26-2)8-6-13)27-18(21)14-9-15(19(22)23)11-16(10-14)20(24)25/h5-12H,3-4H2,1-2H3/t12-/m1/s1. The maximum absolute atomic E-state index is 12.2. The summed E-state index contributed by atoms with van der Waals surface area (Å²) < 4.78 is 10.3. The van der Waals surface area contributed by atoms with Crippen molar-refractivity contribution in [1.29, 1.82) is 0 Å². The number of carbonyl (C=O) groups is 1. The highest BCUT2D eigenvalue weighted by molar-refractivity contribution is 5.91. The van der Waals surface area contributed by atoms with Crippen LogP contribution in [0.25, 0.3) is 0 Å². The van der Waals surface area contributed by atoms with E-state index < -0.39 is 33.3 Å². The maximum Gasteiger partial charge on any atom is 0.338 e. The Morgan fingerprint density at radius 2 is 1.59 bits per heavy atom. The van der Waals surface area contributed by atoms with Crippen LogP contribution in [-0.4, -0.2) is 29.0 Å². The van der Waals surface area contributed by atoms with Gasteiger partial charge in [-0.1, -0.05) is 12.1 Å². The van der Waals surface area contributed by atoms with Gasteiger partial charge in [-0.15, -0.1) is 0 Å². The lowest BCUT2D eigenvalue weighted by atomic mass is 10.1. The van der Waals surface area contributed by atoms with E-state index in [0.717, 1.165) is 29.5 Å². The summed E-state index contributed by atoms with van der Waals surface area (Å²) in [6.45, 7) is 1.69. The van der Waals surface area contributed by atoms with E-state index in [1.54, 1.807) is 14.0 Å². The molecular weight excluding hydrogens is 356 g/mol. The molecule has 0 radical (unpaired) electrons. The molecule has 2 aromatic rings. The third-order valence-electron chi connectivity index (χ3n) is 3.87. The zero-order chi connectivity index (χ0) is 20.0. The van der Waals surface area contributed by atoms with Crippen molar-refractivity contribution in [3.05, 3.63) is 73.8 Å². The summed E-state index contributed by atoms with van der Waals surface area (Å²) in [6, 6.07) is 10.2. The van der Waals surface area contributed by atoms with Crippen LogP contribution in [0, 0.1) is 20.2 Å². The van der Waals surface area contributed by atoms with Crippen LogP contribution in [0.5, 0.6) is 5.75 Å². The van der Waals surface area contributed by atoms with E-state index in [1.807, 2.05) is 24.3 Å². The lowest BCUT2D eigenvalue weighted by molar-refractivity contribution is -0.394. The quantitative estimate of drug-likeness (QED) is 0.392. The highest BCUT2D eigenvalue weighted by Gasteiger charge is 2.21. The summed E-state index contributed by atoms with van der Waals surface area (Å²) in [5, 5.41) is 21.8.